The summed E-state index contributed by atoms with van der Waals surface area (Å²) in [6, 6.07) is 16.2. The smallest absolute Gasteiger partial charge is 0.123 e. The number of hydrogen-bond donors (Lipinski definition) is 2. The average molecular weight is 267 g/mol. The molecule has 3 nitrogen and oxygen atoms in total. The SMILES string of the molecule is CCN(Cc1ccccc1C(=N)N)c1ccccc1C. The van der Waals surface area contributed by atoms with Crippen molar-refractivity contribution in [3.05, 3.63) is 65.2 Å². The minimum Gasteiger partial charge on any atom is -0.384 e. The highest BCUT2D eigenvalue weighted by Gasteiger charge is 2.11. The highest BCUT2D eigenvalue weighted by molar-refractivity contribution is 5.96. The van der Waals surface area contributed by atoms with Crippen LogP contribution < -0.4 is 10.6 Å². The van der Waals surface area contributed by atoms with Gasteiger partial charge in [0, 0.05) is 24.3 Å². The zero-order chi connectivity index (χ0) is 14.5. The Morgan fingerprint density at radius 2 is 1.75 bits per heavy atom. The van der Waals surface area contributed by atoms with Gasteiger partial charge >= 0.3 is 0 Å². The van der Waals surface area contributed by atoms with E-state index in [1.54, 1.807) is 0 Å². The maximum atomic E-state index is 7.68. The van der Waals surface area contributed by atoms with Gasteiger partial charge in [-0.3, -0.25) is 5.41 Å². The number of nitrogens with one attached hydrogen (secondary N) is 1. The lowest BCUT2D eigenvalue weighted by Crippen LogP contribution is -2.25. The molecule has 0 atom stereocenters. The number of benzene rings is 2. The van der Waals surface area contributed by atoms with Crippen LogP contribution in [0.4, 0.5) is 5.69 Å². The second kappa shape index (κ2) is 6.24. The predicted molar refractivity (Wildman–Crippen MR) is 85.4 cm³/mol. The molecule has 0 saturated heterocycles. The Bertz CT molecular complexity index is 605. The van der Waals surface area contributed by atoms with Crippen LogP contribution in [0, 0.1) is 12.3 Å². The second-order valence-corrected chi connectivity index (χ2v) is 4.87. The van der Waals surface area contributed by atoms with Gasteiger partial charge in [0.15, 0.2) is 0 Å². The molecule has 0 aliphatic carbocycles. The third-order valence-corrected chi connectivity index (χ3v) is 3.51. The molecule has 3 heteroatoms. The standard InChI is InChI=1S/C17H21N3/c1-3-20(16-11-7-4-8-13(16)2)12-14-9-5-6-10-15(14)17(18)19/h4-11H,3,12H2,1-2H3,(H3,18,19). The van der Waals surface area contributed by atoms with E-state index < -0.39 is 0 Å². The van der Waals surface area contributed by atoms with Gasteiger partial charge in [-0.05, 0) is 31.0 Å². The van der Waals surface area contributed by atoms with Gasteiger partial charge < -0.3 is 10.6 Å². The van der Waals surface area contributed by atoms with E-state index in [0.29, 0.717) is 0 Å². The molecule has 0 amide bonds. The molecule has 0 aromatic heterocycles. The fourth-order valence-corrected chi connectivity index (χ4v) is 2.41. The van der Waals surface area contributed by atoms with Crippen molar-refractivity contribution in [3.63, 3.8) is 0 Å². The van der Waals surface area contributed by atoms with Gasteiger partial charge in [-0.1, -0.05) is 42.5 Å². The average Bonchev–Trinajstić information content (AvgIpc) is 2.46. The maximum Gasteiger partial charge on any atom is 0.123 e. The van der Waals surface area contributed by atoms with Gasteiger partial charge in [0.05, 0.1) is 0 Å². The van der Waals surface area contributed by atoms with E-state index in [4.69, 9.17) is 11.1 Å². The highest BCUT2D eigenvalue weighted by atomic mass is 15.1. The molecule has 0 spiro atoms. The van der Waals surface area contributed by atoms with Gasteiger partial charge in [-0.15, -0.1) is 0 Å². The summed E-state index contributed by atoms with van der Waals surface area (Å²) in [5.41, 5.74) is 10.1. The summed E-state index contributed by atoms with van der Waals surface area (Å²) in [6.45, 7) is 5.94. The molecule has 0 aliphatic rings. The van der Waals surface area contributed by atoms with Gasteiger partial charge in [0.1, 0.15) is 5.84 Å². The molecule has 20 heavy (non-hydrogen) atoms. The molecule has 3 N–H and O–H groups in total. The van der Waals surface area contributed by atoms with E-state index in [9.17, 15) is 0 Å². The summed E-state index contributed by atoms with van der Waals surface area (Å²) in [7, 11) is 0. The van der Waals surface area contributed by atoms with Crippen molar-refractivity contribution in [1.29, 1.82) is 5.41 Å². The van der Waals surface area contributed by atoms with Crippen molar-refractivity contribution in [1.82, 2.24) is 0 Å². The summed E-state index contributed by atoms with van der Waals surface area (Å²) < 4.78 is 0. The second-order valence-electron chi connectivity index (χ2n) is 4.87. The van der Waals surface area contributed by atoms with Crippen molar-refractivity contribution in [2.75, 3.05) is 11.4 Å². The van der Waals surface area contributed by atoms with Crippen molar-refractivity contribution in [2.24, 2.45) is 5.73 Å². The number of amidine groups is 1. The van der Waals surface area contributed by atoms with Crippen LogP contribution in [0.2, 0.25) is 0 Å². The lowest BCUT2D eigenvalue weighted by atomic mass is 10.1. The Hall–Kier alpha value is -2.29. The Kier molecular flexibility index (Phi) is 4.41. The van der Waals surface area contributed by atoms with Gasteiger partial charge in [0.2, 0.25) is 0 Å². The van der Waals surface area contributed by atoms with Crippen molar-refractivity contribution in [2.45, 2.75) is 20.4 Å². The zero-order valence-corrected chi connectivity index (χ0v) is 12.1. The van der Waals surface area contributed by atoms with Gasteiger partial charge in [-0.25, -0.2) is 0 Å². The summed E-state index contributed by atoms with van der Waals surface area (Å²) in [5.74, 6) is 0.126. The van der Waals surface area contributed by atoms with Crippen molar-refractivity contribution in [3.8, 4) is 0 Å². The maximum absolute atomic E-state index is 7.68. The number of hydrogen-bond acceptors (Lipinski definition) is 2. The highest BCUT2D eigenvalue weighted by Crippen LogP contribution is 2.22. The molecule has 0 saturated carbocycles. The molecule has 2 aromatic rings. The first-order valence-corrected chi connectivity index (χ1v) is 6.86. The summed E-state index contributed by atoms with van der Waals surface area (Å²) >= 11 is 0. The molecule has 2 aromatic carbocycles. The van der Waals surface area contributed by atoms with Crippen molar-refractivity contribution >= 4 is 11.5 Å². The normalized spacial score (nSPS) is 10.3. The molecule has 0 bridgehead atoms. The number of nitrogens with zero attached hydrogens (tertiary/aromatic N) is 1. The molecule has 0 unspecified atom stereocenters. The van der Waals surface area contributed by atoms with E-state index in [-0.39, 0.29) is 5.84 Å². The van der Waals surface area contributed by atoms with Crippen LogP contribution >= 0.6 is 0 Å². The molecular formula is C17H21N3. The van der Waals surface area contributed by atoms with Crippen LogP contribution in [-0.2, 0) is 6.54 Å². The quantitative estimate of drug-likeness (QED) is 0.645. The van der Waals surface area contributed by atoms with Crippen LogP contribution in [0.3, 0.4) is 0 Å². The monoisotopic (exact) mass is 267 g/mol. The zero-order valence-electron chi connectivity index (χ0n) is 12.1. The number of rotatable bonds is 5. The van der Waals surface area contributed by atoms with E-state index in [2.05, 4.69) is 43.0 Å². The van der Waals surface area contributed by atoms with Crippen LogP contribution in [-0.4, -0.2) is 12.4 Å². The van der Waals surface area contributed by atoms with Gasteiger partial charge in [-0.2, -0.15) is 0 Å². The fraction of sp³-hybridized carbons (Fsp3) is 0.235. The largest absolute Gasteiger partial charge is 0.384 e. The number of anilines is 1. The lowest BCUT2D eigenvalue weighted by Gasteiger charge is -2.26. The van der Waals surface area contributed by atoms with Crippen LogP contribution in [0.1, 0.15) is 23.6 Å². The first kappa shape index (κ1) is 14.1. The Labute approximate surface area is 120 Å². The number of nitrogens with two attached hydrogens (primary N) is 1. The number of nitrogen functional groups attached to an aromatic ring is 1. The lowest BCUT2D eigenvalue weighted by molar-refractivity contribution is 0.826. The Balaban J connectivity index is 2.32. The summed E-state index contributed by atoms with van der Waals surface area (Å²) in [4.78, 5) is 2.30. The van der Waals surface area contributed by atoms with Crippen LogP contribution in [0.25, 0.3) is 0 Å². The number of aryl methyl sites for hydroxylation is 1. The molecule has 0 radical (unpaired) electrons. The first-order chi connectivity index (χ1) is 9.63. The summed E-state index contributed by atoms with van der Waals surface area (Å²) in [6.07, 6.45) is 0. The van der Waals surface area contributed by atoms with Crippen LogP contribution in [0.5, 0.6) is 0 Å². The topological polar surface area (TPSA) is 53.1 Å². The van der Waals surface area contributed by atoms with E-state index >= 15 is 0 Å². The molecule has 0 heterocycles. The summed E-state index contributed by atoms with van der Waals surface area (Å²) in [5, 5.41) is 7.68. The molecule has 104 valence electrons. The fourth-order valence-electron chi connectivity index (χ4n) is 2.41. The van der Waals surface area contributed by atoms with E-state index in [1.165, 1.54) is 11.3 Å². The Morgan fingerprint density at radius 3 is 2.40 bits per heavy atom. The third-order valence-electron chi connectivity index (χ3n) is 3.51. The molecule has 0 fully saturated rings. The van der Waals surface area contributed by atoms with Crippen LogP contribution in [0.15, 0.2) is 48.5 Å². The first-order valence-electron chi connectivity index (χ1n) is 6.86. The minimum absolute atomic E-state index is 0.126. The van der Waals surface area contributed by atoms with Crippen molar-refractivity contribution < 1.29 is 0 Å². The van der Waals surface area contributed by atoms with E-state index in [1.807, 2.05) is 24.3 Å². The third kappa shape index (κ3) is 2.99. The van der Waals surface area contributed by atoms with Gasteiger partial charge in [0.25, 0.3) is 0 Å². The minimum atomic E-state index is 0.126. The molecule has 0 aliphatic heterocycles. The van der Waals surface area contributed by atoms with E-state index in [0.717, 1.165) is 24.2 Å². The molecule has 2 rings (SSSR count). The number of para-hydroxylation sites is 1. The predicted octanol–water partition coefficient (Wildman–Crippen LogP) is 3.31. The Morgan fingerprint density at radius 1 is 1.10 bits per heavy atom. The molecular weight excluding hydrogens is 246 g/mol.